The number of carbonyl (C=O) groups excluding carboxylic acids is 1. The second-order valence-electron chi connectivity index (χ2n) is 3.15. The van der Waals surface area contributed by atoms with E-state index in [1.807, 2.05) is 12.1 Å². The maximum Gasteiger partial charge on any atom is 0.257 e. The number of aromatic nitrogens is 2. The van der Waals surface area contributed by atoms with E-state index in [-0.39, 0.29) is 0 Å². The summed E-state index contributed by atoms with van der Waals surface area (Å²) in [6.07, 6.45) is 1.69. The first-order valence-electron chi connectivity index (χ1n) is 4.63. The number of nitrogens with zero attached hydrogens (tertiary/aromatic N) is 2. The van der Waals surface area contributed by atoms with Gasteiger partial charge in [0.05, 0.1) is 11.1 Å². The largest absolute Gasteiger partial charge is 0.324 e. The van der Waals surface area contributed by atoms with Gasteiger partial charge in [-0.25, -0.2) is 0 Å². The maximum atomic E-state index is 11.2. The number of carbonyl (C=O) groups is 1. The molecule has 4 nitrogen and oxygen atoms in total. The second-order valence-corrected chi connectivity index (χ2v) is 5.03. The lowest BCUT2D eigenvalue weighted by atomic mass is 10.2. The van der Waals surface area contributed by atoms with E-state index < -0.39 is 10.7 Å². The molecular formula is C10H7Cl2N3OS. The molecule has 0 aliphatic heterocycles. The number of alkyl halides is 2. The number of hydrogen-bond donors (Lipinski definition) is 1. The van der Waals surface area contributed by atoms with Crippen LogP contribution in [0.25, 0.3) is 10.4 Å². The highest BCUT2D eigenvalue weighted by Crippen LogP contribution is 2.23. The van der Waals surface area contributed by atoms with Crippen LogP contribution in [0.1, 0.15) is 0 Å². The number of hydrogen-bond acceptors (Lipinski definition) is 4. The minimum Gasteiger partial charge on any atom is -0.324 e. The summed E-state index contributed by atoms with van der Waals surface area (Å²) in [5, 5.41) is 6.34. The van der Waals surface area contributed by atoms with Crippen molar-refractivity contribution in [2.75, 3.05) is 5.32 Å². The predicted molar refractivity (Wildman–Crippen MR) is 69.5 cm³/mol. The molecule has 2 aromatic rings. The molecule has 0 spiro atoms. The van der Waals surface area contributed by atoms with Gasteiger partial charge in [-0.2, -0.15) is 0 Å². The zero-order valence-corrected chi connectivity index (χ0v) is 10.8. The lowest BCUT2D eigenvalue weighted by Crippen LogP contribution is -2.18. The Morgan fingerprint density at radius 2 is 2.00 bits per heavy atom. The molecule has 0 aliphatic carbocycles. The van der Waals surface area contributed by atoms with Crippen molar-refractivity contribution in [3.05, 3.63) is 30.5 Å². The molecule has 0 saturated heterocycles. The van der Waals surface area contributed by atoms with Crippen LogP contribution in [0.2, 0.25) is 0 Å². The Morgan fingerprint density at radius 3 is 2.53 bits per heavy atom. The molecule has 0 aliphatic rings. The van der Waals surface area contributed by atoms with E-state index in [0.29, 0.717) is 5.69 Å². The normalized spacial score (nSPS) is 10.5. The highest BCUT2D eigenvalue weighted by Gasteiger charge is 2.11. The van der Waals surface area contributed by atoms with Gasteiger partial charge in [0.1, 0.15) is 0 Å². The summed E-state index contributed by atoms with van der Waals surface area (Å²) in [5.41, 5.74) is 1.63. The van der Waals surface area contributed by atoms with Gasteiger partial charge in [-0.15, -0.1) is 5.10 Å². The van der Waals surface area contributed by atoms with E-state index in [0.717, 1.165) is 10.4 Å². The second kappa shape index (κ2) is 5.44. The first kappa shape index (κ1) is 12.3. The topological polar surface area (TPSA) is 54.9 Å². The van der Waals surface area contributed by atoms with Crippen molar-refractivity contribution >= 4 is 46.3 Å². The summed E-state index contributed by atoms with van der Waals surface area (Å²) in [5.74, 6) is -0.444. The fourth-order valence-electron chi connectivity index (χ4n) is 1.21. The third-order valence-corrected chi connectivity index (χ3v) is 3.11. The van der Waals surface area contributed by atoms with Gasteiger partial charge >= 0.3 is 0 Å². The Balaban J connectivity index is 2.11. The number of amides is 1. The van der Waals surface area contributed by atoms with Crippen molar-refractivity contribution in [2.24, 2.45) is 0 Å². The van der Waals surface area contributed by atoms with Crippen LogP contribution in [-0.4, -0.2) is 20.3 Å². The van der Waals surface area contributed by atoms with Crippen LogP contribution in [-0.2, 0) is 4.79 Å². The Kier molecular flexibility index (Phi) is 3.93. The molecule has 17 heavy (non-hydrogen) atoms. The average Bonchev–Trinajstić information content (AvgIpc) is 2.83. The van der Waals surface area contributed by atoms with E-state index in [1.165, 1.54) is 11.5 Å². The van der Waals surface area contributed by atoms with Crippen LogP contribution in [0.3, 0.4) is 0 Å². The van der Waals surface area contributed by atoms with E-state index in [2.05, 4.69) is 14.9 Å². The molecule has 0 unspecified atom stereocenters. The number of nitrogens with one attached hydrogen (secondary N) is 1. The van der Waals surface area contributed by atoms with Gasteiger partial charge in [0.15, 0.2) is 4.84 Å². The molecule has 88 valence electrons. The van der Waals surface area contributed by atoms with E-state index >= 15 is 0 Å². The molecular weight excluding hydrogens is 281 g/mol. The van der Waals surface area contributed by atoms with Gasteiger partial charge in [0.25, 0.3) is 5.91 Å². The van der Waals surface area contributed by atoms with Crippen molar-refractivity contribution in [1.82, 2.24) is 9.59 Å². The van der Waals surface area contributed by atoms with Gasteiger partial charge in [0.2, 0.25) is 0 Å². The van der Waals surface area contributed by atoms with Gasteiger partial charge in [-0.05, 0) is 29.2 Å². The molecule has 0 saturated carbocycles. The first-order chi connectivity index (χ1) is 8.16. The molecule has 7 heteroatoms. The Bertz CT molecular complexity index is 499. The van der Waals surface area contributed by atoms with Crippen molar-refractivity contribution < 1.29 is 4.79 Å². The summed E-state index contributed by atoms with van der Waals surface area (Å²) >= 11 is 12.2. The third kappa shape index (κ3) is 3.15. The van der Waals surface area contributed by atoms with Crippen molar-refractivity contribution in [3.8, 4) is 10.4 Å². The molecule has 1 amide bonds. The number of rotatable bonds is 3. The fraction of sp³-hybridized carbons (Fsp3) is 0.100. The van der Waals surface area contributed by atoms with Gasteiger partial charge in [-0.3, -0.25) is 4.79 Å². The molecule has 0 atom stereocenters. The molecule has 2 rings (SSSR count). The summed E-state index contributed by atoms with van der Waals surface area (Å²) in [7, 11) is 0. The average molecular weight is 288 g/mol. The Labute approximate surface area is 112 Å². The molecule has 0 fully saturated rings. The SMILES string of the molecule is O=C(Nc1ccc(-c2cnns2)cc1)C(Cl)Cl. The van der Waals surface area contributed by atoms with Crippen molar-refractivity contribution in [1.29, 1.82) is 0 Å². The van der Waals surface area contributed by atoms with Gasteiger partial charge in [0, 0.05) is 5.69 Å². The number of anilines is 1. The van der Waals surface area contributed by atoms with Gasteiger partial charge in [-0.1, -0.05) is 39.8 Å². The Morgan fingerprint density at radius 1 is 1.29 bits per heavy atom. The summed E-state index contributed by atoms with van der Waals surface area (Å²) in [6, 6.07) is 7.26. The fourth-order valence-corrected chi connectivity index (χ4v) is 1.84. The molecule has 1 N–H and O–H groups in total. The third-order valence-electron chi connectivity index (χ3n) is 2.00. The number of benzene rings is 1. The maximum absolute atomic E-state index is 11.2. The number of halogens is 2. The first-order valence-corrected chi connectivity index (χ1v) is 6.28. The minimum atomic E-state index is -1.07. The highest BCUT2D eigenvalue weighted by atomic mass is 35.5. The van der Waals surface area contributed by atoms with Crippen LogP contribution >= 0.6 is 34.7 Å². The molecule has 1 aromatic heterocycles. The zero-order valence-electron chi connectivity index (χ0n) is 8.43. The highest BCUT2D eigenvalue weighted by molar-refractivity contribution is 7.09. The molecule has 1 heterocycles. The van der Waals surface area contributed by atoms with Crippen molar-refractivity contribution in [2.45, 2.75) is 4.84 Å². The van der Waals surface area contributed by atoms with Crippen molar-refractivity contribution in [3.63, 3.8) is 0 Å². The zero-order chi connectivity index (χ0) is 12.3. The summed E-state index contributed by atoms with van der Waals surface area (Å²) in [6.45, 7) is 0. The van der Waals surface area contributed by atoms with Crippen LogP contribution < -0.4 is 5.32 Å². The van der Waals surface area contributed by atoms with E-state index in [1.54, 1.807) is 18.3 Å². The van der Waals surface area contributed by atoms with Crippen LogP contribution in [0, 0.1) is 0 Å². The van der Waals surface area contributed by atoms with Crippen LogP contribution in [0.5, 0.6) is 0 Å². The van der Waals surface area contributed by atoms with Gasteiger partial charge < -0.3 is 5.32 Å². The molecule has 0 radical (unpaired) electrons. The smallest absolute Gasteiger partial charge is 0.257 e. The quantitative estimate of drug-likeness (QED) is 0.883. The summed E-state index contributed by atoms with van der Waals surface area (Å²) in [4.78, 5) is 11.1. The van der Waals surface area contributed by atoms with E-state index in [9.17, 15) is 4.79 Å². The predicted octanol–water partition coefficient (Wildman–Crippen LogP) is 2.95. The Hall–Kier alpha value is -1.17. The summed E-state index contributed by atoms with van der Waals surface area (Å²) < 4.78 is 3.78. The minimum absolute atomic E-state index is 0.444. The van der Waals surface area contributed by atoms with Crippen LogP contribution in [0.4, 0.5) is 5.69 Å². The standard InChI is InChI=1S/C10H7Cl2N3OS/c11-9(12)10(16)14-7-3-1-6(2-4-7)8-5-13-15-17-8/h1-5,9H,(H,14,16). The monoisotopic (exact) mass is 287 g/mol. The lowest BCUT2D eigenvalue weighted by Gasteiger charge is -2.05. The van der Waals surface area contributed by atoms with E-state index in [4.69, 9.17) is 23.2 Å². The molecule has 1 aromatic carbocycles. The lowest BCUT2D eigenvalue weighted by molar-refractivity contribution is -0.114. The molecule has 0 bridgehead atoms. The van der Waals surface area contributed by atoms with Crippen LogP contribution in [0.15, 0.2) is 30.5 Å².